The average Bonchev–Trinajstić information content (AvgIpc) is 3.58. The summed E-state index contributed by atoms with van der Waals surface area (Å²) in [6, 6.07) is 0. The summed E-state index contributed by atoms with van der Waals surface area (Å²) in [6.45, 7) is 16.8. The van der Waals surface area contributed by atoms with E-state index in [0.717, 1.165) is 0 Å². The second kappa shape index (κ2) is 7.17. The molecule has 8 bridgehead atoms. The molecule has 0 amide bonds. The fourth-order valence-electron chi connectivity index (χ4n) is 16.6. The third-order valence-electron chi connectivity index (χ3n) is 17.8. The van der Waals surface area contributed by atoms with Crippen LogP contribution in [0, 0.1) is 80.8 Å². The molecule has 12 rings (SSSR count). The Balaban J connectivity index is 0.000000114. The van der Waals surface area contributed by atoms with Gasteiger partial charge in [-0.25, -0.2) is 9.59 Å². The summed E-state index contributed by atoms with van der Waals surface area (Å²) in [4.78, 5) is 50.9. The first kappa shape index (κ1) is 27.6. The van der Waals surface area contributed by atoms with Crippen LogP contribution in [0.2, 0.25) is 0 Å². The Hall–Kier alpha value is -2.32. The summed E-state index contributed by atoms with van der Waals surface area (Å²) in [7, 11) is 0. The highest BCUT2D eigenvalue weighted by Crippen LogP contribution is 2.89. The van der Waals surface area contributed by atoms with E-state index in [9.17, 15) is 19.2 Å². The summed E-state index contributed by atoms with van der Waals surface area (Å²) in [5.74, 6) is 4.38. The molecule has 4 aliphatic heterocycles. The quantitative estimate of drug-likeness (QED) is 0.290. The molecule has 0 aromatic heterocycles. The van der Waals surface area contributed by atoms with Gasteiger partial charge < -0.3 is 18.9 Å². The number of fused-ring (bicyclic) bond motifs is 12. The molecule has 8 saturated carbocycles. The highest BCUT2D eigenvalue weighted by Gasteiger charge is 2.94. The zero-order valence-electron chi connectivity index (χ0n) is 27.9. The first-order valence-corrected chi connectivity index (χ1v) is 17.8. The van der Waals surface area contributed by atoms with Gasteiger partial charge in [0.2, 0.25) is 0 Å². The van der Waals surface area contributed by atoms with Crippen LogP contribution in [-0.4, -0.2) is 59.1 Å². The van der Waals surface area contributed by atoms with Crippen LogP contribution in [-0.2, 0) is 38.1 Å². The maximum absolute atomic E-state index is 13.3. The normalized spacial score (nSPS) is 68.3. The van der Waals surface area contributed by atoms with E-state index in [1.165, 1.54) is 12.8 Å². The van der Waals surface area contributed by atoms with E-state index in [2.05, 4.69) is 41.5 Å². The molecule has 0 radical (unpaired) electrons. The third-order valence-corrected chi connectivity index (χ3v) is 17.8. The van der Waals surface area contributed by atoms with Crippen molar-refractivity contribution in [2.45, 2.75) is 104 Å². The van der Waals surface area contributed by atoms with E-state index in [4.69, 9.17) is 18.9 Å². The third kappa shape index (κ3) is 2.18. The first-order chi connectivity index (χ1) is 21.6. The number of carbonyl (C=O) groups is 4. The molecule has 8 heteroatoms. The lowest BCUT2D eigenvalue weighted by Crippen LogP contribution is -2.58. The minimum Gasteiger partial charge on any atom is -0.455 e. The van der Waals surface area contributed by atoms with E-state index in [1.54, 1.807) is 0 Å². The number of hydrogen-bond acceptors (Lipinski definition) is 8. The molecule has 12 fully saturated rings. The van der Waals surface area contributed by atoms with Crippen molar-refractivity contribution in [2.75, 3.05) is 0 Å². The summed E-state index contributed by atoms with van der Waals surface area (Å²) in [5.41, 5.74) is -0.664. The lowest BCUT2D eigenvalue weighted by molar-refractivity contribution is -0.167. The minimum absolute atomic E-state index is 0.0585. The highest BCUT2D eigenvalue weighted by molar-refractivity contribution is 5.98. The van der Waals surface area contributed by atoms with Crippen LogP contribution in [0.1, 0.15) is 68.2 Å². The maximum Gasteiger partial charge on any atom is 0.336 e. The number of hydrogen-bond donors (Lipinski definition) is 0. The molecule has 46 heavy (non-hydrogen) atoms. The van der Waals surface area contributed by atoms with Crippen molar-refractivity contribution in [1.82, 2.24) is 0 Å². The molecule has 8 nitrogen and oxygen atoms in total. The molecule has 244 valence electrons. The second-order valence-corrected chi connectivity index (χ2v) is 18.4. The van der Waals surface area contributed by atoms with Crippen LogP contribution < -0.4 is 0 Å². The topological polar surface area (TPSA) is 105 Å². The van der Waals surface area contributed by atoms with Gasteiger partial charge in [-0.05, 0) is 101 Å². The standard InChI is InChI=1S/2C19H22O4/c2*1-5-7-11-12(22-16(7)21)14-17(2)10-8-6-9(8)13(17)18(3,15(10)20)19(14,4)23-11/h2*5,8-14H,6H2,1-4H3/b2*7-5-/t2*8-,9+,10-,11-,12+,13-,14-,17+,18+,19-/m11/s1. The van der Waals surface area contributed by atoms with Crippen LogP contribution in [0.5, 0.6) is 0 Å². The maximum atomic E-state index is 13.3. The van der Waals surface area contributed by atoms with E-state index < -0.39 is 22.0 Å². The number of allylic oxidation sites excluding steroid dienone is 2. The monoisotopic (exact) mass is 628 g/mol. The fourth-order valence-corrected chi connectivity index (χ4v) is 16.6. The molecule has 0 aromatic rings. The average molecular weight is 629 g/mol. The van der Waals surface area contributed by atoms with Crippen LogP contribution in [0.3, 0.4) is 0 Å². The molecular weight excluding hydrogens is 584 g/mol. The van der Waals surface area contributed by atoms with Gasteiger partial charge in [-0.1, -0.05) is 26.0 Å². The summed E-state index contributed by atoms with van der Waals surface area (Å²) in [6.07, 6.45) is 5.07. The zero-order valence-corrected chi connectivity index (χ0v) is 27.9. The lowest BCUT2D eigenvalue weighted by atomic mass is 9.58. The molecule has 4 heterocycles. The van der Waals surface area contributed by atoms with Gasteiger partial charge in [0.15, 0.2) is 0 Å². The van der Waals surface area contributed by atoms with Gasteiger partial charge >= 0.3 is 11.9 Å². The molecule has 20 atom stereocenters. The Kier molecular flexibility index (Phi) is 4.30. The van der Waals surface area contributed by atoms with Crippen LogP contribution in [0.4, 0.5) is 0 Å². The van der Waals surface area contributed by atoms with Crippen LogP contribution in [0.25, 0.3) is 0 Å². The zero-order chi connectivity index (χ0) is 32.2. The Labute approximate surface area is 269 Å². The largest absolute Gasteiger partial charge is 0.455 e. The van der Waals surface area contributed by atoms with Gasteiger partial charge in [-0.3, -0.25) is 9.59 Å². The molecule has 12 aliphatic rings. The SMILES string of the molecule is C/C=C1\C(=O)O[C@H]2[C@@H]1O[C@]1(C)[C@H]2[C@]2(C)[C@H]3[C@H]4C[C@H]4[C@@H]2C(=O)[C@]31C.C/C=C1\C(=O)O[C@H]2[C@@H]1O[C@]1(C)[C@H]2[C@]2(C)[C@H]3[C@H]4C[C@H]4[C@@H]2C(=O)[C@]31C. The fraction of sp³-hybridized carbons (Fsp3) is 0.789. The number of esters is 2. The smallest absolute Gasteiger partial charge is 0.336 e. The first-order valence-electron chi connectivity index (χ1n) is 17.8. The van der Waals surface area contributed by atoms with Crippen molar-refractivity contribution in [3.8, 4) is 0 Å². The second-order valence-electron chi connectivity index (χ2n) is 18.4. The Bertz CT molecular complexity index is 1600. The number of Topliss-reactive ketones (excluding diaryl/α,β-unsaturated/α-hetero) is 2. The molecule has 4 saturated heterocycles. The Morgan fingerprint density at radius 2 is 0.935 bits per heavy atom. The van der Waals surface area contributed by atoms with Gasteiger partial charge in [-0.2, -0.15) is 0 Å². The molecule has 0 unspecified atom stereocenters. The van der Waals surface area contributed by atoms with Gasteiger partial charge in [0.05, 0.1) is 33.2 Å². The number of ether oxygens (including phenoxy) is 4. The number of ketones is 2. The Morgan fingerprint density at radius 3 is 1.28 bits per heavy atom. The van der Waals surface area contributed by atoms with Crippen LogP contribution in [0.15, 0.2) is 23.3 Å². The lowest BCUT2D eigenvalue weighted by Gasteiger charge is -2.47. The van der Waals surface area contributed by atoms with Crippen molar-refractivity contribution in [3.05, 3.63) is 23.3 Å². The molecular formula is C38H44O8. The van der Waals surface area contributed by atoms with Gasteiger partial charge in [-0.15, -0.1) is 0 Å². The number of rotatable bonds is 0. The summed E-state index contributed by atoms with van der Waals surface area (Å²) < 4.78 is 24.6. The van der Waals surface area contributed by atoms with Gasteiger partial charge in [0.25, 0.3) is 0 Å². The van der Waals surface area contributed by atoms with Gasteiger partial charge in [0, 0.05) is 23.7 Å². The van der Waals surface area contributed by atoms with Crippen molar-refractivity contribution in [2.24, 2.45) is 80.8 Å². The van der Waals surface area contributed by atoms with Crippen molar-refractivity contribution in [3.63, 3.8) is 0 Å². The Morgan fingerprint density at radius 1 is 0.565 bits per heavy atom. The van der Waals surface area contributed by atoms with Crippen molar-refractivity contribution >= 4 is 23.5 Å². The molecule has 8 aliphatic carbocycles. The number of carbonyl (C=O) groups excluding carboxylic acids is 4. The predicted molar refractivity (Wildman–Crippen MR) is 160 cm³/mol. The van der Waals surface area contributed by atoms with E-state index in [-0.39, 0.29) is 70.9 Å². The highest BCUT2D eigenvalue weighted by atomic mass is 16.6. The van der Waals surface area contributed by atoms with E-state index in [1.807, 2.05) is 26.0 Å². The molecule has 0 N–H and O–H groups in total. The van der Waals surface area contributed by atoms with Crippen molar-refractivity contribution in [1.29, 1.82) is 0 Å². The van der Waals surface area contributed by atoms with Gasteiger partial charge in [0.1, 0.15) is 36.0 Å². The van der Waals surface area contributed by atoms with E-state index in [0.29, 0.717) is 58.2 Å². The molecule has 0 aromatic carbocycles. The minimum atomic E-state index is -0.502. The van der Waals surface area contributed by atoms with E-state index >= 15 is 0 Å². The summed E-state index contributed by atoms with van der Waals surface area (Å²) >= 11 is 0. The predicted octanol–water partition coefficient (Wildman–Crippen LogP) is 4.25. The molecule has 0 spiro atoms. The van der Waals surface area contributed by atoms with Crippen LogP contribution >= 0.6 is 0 Å². The summed E-state index contributed by atoms with van der Waals surface area (Å²) in [5, 5.41) is 0. The van der Waals surface area contributed by atoms with Crippen molar-refractivity contribution < 1.29 is 38.1 Å².